The molecule has 0 amide bonds. The fourth-order valence-electron chi connectivity index (χ4n) is 2.07. The van der Waals surface area contributed by atoms with Crippen molar-refractivity contribution in [1.29, 1.82) is 0 Å². The van der Waals surface area contributed by atoms with E-state index in [9.17, 15) is 8.42 Å². The molecule has 3 rings (SSSR count). The summed E-state index contributed by atoms with van der Waals surface area (Å²) in [4.78, 5) is 0.132. The van der Waals surface area contributed by atoms with Crippen molar-refractivity contribution >= 4 is 38.5 Å². The molecule has 0 aliphatic heterocycles. The lowest BCUT2D eigenvalue weighted by Crippen LogP contribution is -2.13. The maximum Gasteiger partial charge on any atom is 0.264 e. The Balaban J connectivity index is 2.02. The van der Waals surface area contributed by atoms with Gasteiger partial charge in [-0.1, -0.05) is 0 Å². The smallest absolute Gasteiger partial charge is 0.264 e. The van der Waals surface area contributed by atoms with Crippen LogP contribution >= 0.6 is 11.7 Å². The predicted octanol–water partition coefficient (Wildman–Crippen LogP) is 2.81. The first-order chi connectivity index (χ1) is 10.5. The van der Waals surface area contributed by atoms with Gasteiger partial charge in [0.2, 0.25) is 0 Å². The third kappa shape index (κ3) is 2.75. The highest BCUT2D eigenvalue weighted by molar-refractivity contribution is 7.93. The fourth-order valence-corrected chi connectivity index (χ4v) is 3.97. The number of anilines is 1. The average Bonchev–Trinajstić information content (AvgIpc) is 2.94. The van der Waals surface area contributed by atoms with E-state index in [-0.39, 0.29) is 4.90 Å². The summed E-state index contributed by atoms with van der Waals surface area (Å²) in [5.74, 6) is 0.657. The standard InChI is InChI=1S/C14H13N3O3S2/c1-9-7-12-14(16-21-15-12)13(8-9)22(18,19)17-10-3-5-11(20-2)6-4-10/h3-8,17H,1-2H3. The summed E-state index contributed by atoms with van der Waals surface area (Å²) in [6, 6.07) is 10.1. The summed E-state index contributed by atoms with van der Waals surface area (Å²) in [6.45, 7) is 1.82. The van der Waals surface area contributed by atoms with Gasteiger partial charge in [-0.25, -0.2) is 8.42 Å². The van der Waals surface area contributed by atoms with Crippen LogP contribution in [0.3, 0.4) is 0 Å². The number of hydrogen-bond donors (Lipinski definition) is 1. The quantitative estimate of drug-likeness (QED) is 0.793. The number of aryl methyl sites for hydroxylation is 1. The number of nitrogens with one attached hydrogen (secondary N) is 1. The number of nitrogens with zero attached hydrogens (tertiary/aromatic N) is 2. The Morgan fingerprint density at radius 3 is 2.55 bits per heavy atom. The van der Waals surface area contributed by atoms with Crippen LogP contribution in [0.4, 0.5) is 5.69 Å². The van der Waals surface area contributed by atoms with Crippen molar-refractivity contribution < 1.29 is 13.2 Å². The first kappa shape index (κ1) is 14.7. The minimum Gasteiger partial charge on any atom is -0.497 e. The number of ether oxygens (including phenoxy) is 1. The minimum absolute atomic E-state index is 0.132. The Bertz CT molecular complexity index is 918. The first-order valence-corrected chi connectivity index (χ1v) is 8.61. The molecule has 1 heterocycles. The Morgan fingerprint density at radius 1 is 1.14 bits per heavy atom. The van der Waals surface area contributed by atoms with E-state index in [4.69, 9.17) is 4.74 Å². The molecule has 0 radical (unpaired) electrons. The van der Waals surface area contributed by atoms with Gasteiger partial charge in [0, 0.05) is 5.69 Å². The number of rotatable bonds is 4. The largest absolute Gasteiger partial charge is 0.497 e. The van der Waals surface area contributed by atoms with Gasteiger partial charge in [-0.15, -0.1) is 0 Å². The van der Waals surface area contributed by atoms with E-state index in [1.807, 2.05) is 13.0 Å². The molecule has 0 atom stereocenters. The lowest BCUT2D eigenvalue weighted by molar-refractivity contribution is 0.415. The van der Waals surface area contributed by atoms with Crippen molar-refractivity contribution in [3.63, 3.8) is 0 Å². The molecular formula is C14H13N3O3S2. The summed E-state index contributed by atoms with van der Waals surface area (Å²) in [6.07, 6.45) is 0. The fraction of sp³-hybridized carbons (Fsp3) is 0.143. The van der Waals surface area contributed by atoms with Crippen molar-refractivity contribution in [1.82, 2.24) is 8.75 Å². The molecule has 8 heteroatoms. The number of methoxy groups -OCH3 is 1. The predicted molar refractivity (Wildman–Crippen MR) is 86.0 cm³/mol. The van der Waals surface area contributed by atoms with E-state index in [1.54, 1.807) is 37.4 Å². The van der Waals surface area contributed by atoms with E-state index in [0.29, 0.717) is 22.5 Å². The van der Waals surface area contributed by atoms with Gasteiger partial charge in [0.1, 0.15) is 21.7 Å². The molecule has 2 aromatic carbocycles. The van der Waals surface area contributed by atoms with Gasteiger partial charge in [0.15, 0.2) is 0 Å². The van der Waals surface area contributed by atoms with Crippen LogP contribution in [-0.2, 0) is 10.0 Å². The van der Waals surface area contributed by atoms with Crippen molar-refractivity contribution in [2.75, 3.05) is 11.8 Å². The van der Waals surface area contributed by atoms with Gasteiger partial charge in [0.25, 0.3) is 10.0 Å². The van der Waals surface area contributed by atoms with Gasteiger partial charge < -0.3 is 4.74 Å². The molecule has 0 fully saturated rings. The van der Waals surface area contributed by atoms with Gasteiger partial charge >= 0.3 is 0 Å². The third-order valence-corrected chi connectivity index (χ3v) is 5.04. The van der Waals surface area contributed by atoms with Gasteiger partial charge in [-0.3, -0.25) is 4.72 Å². The molecule has 3 aromatic rings. The number of fused-ring (bicyclic) bond motifs is 1. The molecule has 0 aliphatic carbocycles. The van der Waals surface area contributed by atoms with Gasteiger partial charge in [0.05, 0.1) is 18.8 Å². The molecule has 22 heavy (non-hydrogen) atoms. The number of aromatic nitrogens is 2. The maximum atomic E-state index is 12.6. The molecule has 0 spiro atoms. The zero-order chi connectivity index (χ0) is 15.7. The Hall–Kier alpha value is -2.19. The molecule has 114 valence electrons. The Kier molecular flexibility index (Phi) is 3.71. The summed E-state index contributed by atoms with van der Waals surface area (Å²) >= 11 is 0.994. The van der Waals surface area contributed by atoms with Crippen LogP contribution < -0.4 is 9.46 Å². The van der Waals surface area contributed by atoms with Crippen LogP contribution in [0, 0.1) is 6.92 Å². The number of sulfonamides is 1. The number of hydrogen-bond acceptors (Lipinski definition) is 6. The molecule has 0 saturated carbocycles. The second-order valence-electron chi connectivity index (χ2n) is 4.73. The Labute approximate surface area is 132 Å². The maximum absolute atomic E-state index is 12.6. The molecule has 1 N–H and O–H groups in total. The highest BCUT2D eigenvalue weighted by atomic mass is 32.2. The molecule has 0 unspecified atom stereocenters. The van der Waals surface area contributed by atoms with Crippen molar-refractivity contribution in [3.05, 3.63) is 42.0 Å². The van der Waals surface area contributed by atoms with E-state index >= 15 is 0 Å². The van der Waals surface area contributed by atoms with E-state index in [1.165, 1.54) is 0 Å². The third-order valence-electron chi connectivity index (χ3n) is 3.10. The summed E-state index contributed by atoms with van der Waals surface area (Å²) < 4.78 is 41.0. The highest BCUT2D eigenvalue weighted by Crippen LogP contribution is 2.26. The van der Waals surface area contributed by atoms with Gasteiger partial charge in [-0.05, 0) is 48.9 Å². The lowest BCUT2D eigenvalue weighted by atomic mass is 10.2. The summed E-state index contributed by atoms with van der Waals surface area (Å²) in [7, 11) is -2.19. The molecule has 0 aliphatic rings. The zero-order valence-corrected chi connectivity index (χ0v) is 13.5. The van der Waals surface area contributed by atoms with Crippen LogP contribution in [0.15, 0.2) is 41.3 Å². The van der Waals surface area contributed by atoms with E-state index in [2.05, 4.69) is 13.5 Å². The van der Waals surface area contributed by atoms with Crippen LogP contribution in [0.5, 0.6) is 5.75 Å². The zero-order valence-electron chi connectivity index (χ0n) is 11.9. The second kappa shape index (κ2) is 5.54. The van der Waals surface area contributed by atoms with Crippen molar-refractivity contribution in [3.8, 4) is 5.75 Å². The van der Waals surface area contributed by atoms with Crippen LogP contribution in [0.1, 0.15) is 5.56 Å². The van der Waals surface area contributed by atoms with Crippen molar-refractivity contribution in [2.45, 2.75) is 11.8 Å². The summed E-state index contributed by atoms with van der Waals surface area (Å²) in [5.41, 5.74) is 2.24. The highest BCUT2D eigenvalue weighted by Gasteiger charge is 2.20. The lowest BCUT2D eigenvalue weighted by Gasteiger charge is -2.09. The molecule has 0 saturated heterocycles. The van der Waals surface area contributed by atoms with E-state index < -0.39 is 10.0 Å². The Morgan fingerprint density at radius 2 is 1.86 bits per heavy atom. The first-order valence-electron chi connectivity index (χ1n) is 6.39. The topological polar surface area (TPSA) is 81.2 Å². The number of benzene rings is 2. The molecule has 0 bridgehead atoms. The van der Waals surface area contributed by atoms with Crippen molar-refractivity contribution in [2.24, 2.45) is 0 Å². The van der Waals surface area contributed by atoms with Crippen LogP contribution in [0.2, 0.25) is 0 Å². The van der Waals surface area contributed by atoms with Crippen LogP contribution in [-0.4, -0.2) is 24.3 Å². The second-order valence-corrected chi connectivity index (χ2v) is 6.91. The SMILES string of the molecule is COc1ccc(NS(=O)(=O)c2cc(C)cc3nsnc23)cc1. The minimum atomic E-state index is -3.74. The van der Waals surface area contributed by atoms with E-state index in [0.717, 1.165) is 17.3 Å². The molecule has 1 aromatic heterocycles. The monoisotopic (exact) mass is 335 g/mol. The molecule has 6 nitrogen and oxygen atoms in total. The van der Waals surface area contributed by atoms with Gasteiger partial charge in [-0.2, -0.15) is 8.75 Å². The molecular weight excluding hydrogens is 322 g/mol. The normalized spacial score (nSPS) is 11.5. The van der Waals surface area contributed by atoms with Crippen LogP contribution in [0.25, 0.3) is 11.0 Å². The summed E-state index contributed by atoms with van der Waals surface area (Å²) in [5, 5.41) is 0. The average molecular weight is 335 g/mol.